The molecular weight excluding hydrogens is 226 g/mol. The first-order chi connectivity index (χ1) is 2.41. The van der Waals surface area contributed by atoms with E-state index in [1.54, 1.807) is 0 Å². The van der Waals surface area contributed by atoms with E-state index in [4.69, 9.17) is 0 Å². The van der Waals surface area contributed by atoms with Crippen LogP contribution in [0.4, 0.5) is 23.5 Å². The molecule has 0 radical (unpaired) electrons. The molecule has 12 heavy (non-hydrogen) atoms. The van der Waals surface area contributed by atoms with Crippen LogP contribution < -0.4 is 0 Å². The highest BCUT2D eigenvalue weighted by atomic mass is 35.5. The van der Waals surface area contributed by atoms with Crippen LogP contribution >= 0.6 is 24.8 Å². The van der Waals surface area contributed by atoms with Crippen LogP contribution in [0.5, 0.6) is 0 Å². The molecule has 0 aromatic rings. The molecule has 7 heteroatoms. The van der Waals surface area contributed by atoms with Gasteiger partial charge in [0.05, 0.1) is 0 Å². The molecule has 0 aliphatic heterocycles. The van der Waals surface area contributed by atoms with Gasteiger partial charge >= 0.3 is 0 Å². The Bertz CT molecular complexity index is 25.3. The lowest BCUT2D eigenvalue weighted by molar-refractivity contribution is 0.772. The van der Waals surface area contributed by atoms with Gasteiger partial charge in [0.2, 0.25) is 0 Å². The summed E-state index contributed by atoms with van der Waals surface area (Å²) in [6.07, 6.45) is 4.08. The van der Waals surface area contributed by atoms with Crippen molar-refractivity contribution in [1.29, 1.82) is 0 Å². The Morgan fingerprint density at radius 3 is 0.750 bits per heavy atom. The lowest BCUT2D eigenvalue weighted by Crippen LogP contribution is -1.59. The van der Waals surface area contributed by atoms with Crippen LogP contribution in [0.3, 0.4) is 0 Å². The summed E-state index contributed by atoms with van der Waals surface area (Å²) >= 11 is 0. The maximum absolute atomic E-state index is 2.21. The molecule has 0 unspecified atom stereocenters. The average molecular weight is 245 g/mol. The van der Waals surface area contributed by atoms with Gasteiger partial charge in [0, 0.05) is 0 Å². The van der Waals surface area contributed by atoms with Gasteiger partial charge in [-0.15, -0.1) is 24.8 Å². The standard InChI is InChI=1S/C5H12.2ClH.5FH/c1-3-5-4-2;;;;;;;/h3-5H2,1-2H3;7*1H. The third-order valence-electron chi connectivity index (χ3n) is 0.707. The van der Waals surface area contributed by atoms with E-state index in [-0.39, 0.29) is 48.3 Å². The minimum Gasteiger partial charge on any atom is -0.269 e. The number of hydrogen-bond acceptors (Lipinski definition) is 0. The van der Waals surface area contributed by atoms with Gasteiger partial charge in [-0.2, -0.15) is 0 Å². The van der Waals surface area contributed by atoms with Crippen LogP contribution in [-0.2, 0) is 0 Å². The van der Waals surface area contributed by atoms with E-state index in [2.05, 4.69) is 13.8 Å². The van der Waals surface area contributed by atoms with Crippen LogP contribution in [0.2, 0.25) is 0 Å². The molecule has 0 aromatic carbocycles. The lowest BCUT2D eigenvalue weighted by atomic mass is 10.3. The smallest absolute Gasteiger partial charge is 0.0538 e. The maximum atomic E-state index is 2.21. The second-order valence-corrected chi connectivity index (χ2v) is 1.35. The van der Waals surface area contributed by atoms with Crippen molar-refractivity contribution in [3.8, 4) is 0 Å². The average Bonchev–Trinajstić information content (AvgIpc) is 1.41. The predicted molar refractivity (Wildman–Crippen MR) is 52.2 cm³/mol. The zero-order chi connectivity index (χ0) is 4.12. The molecule has 0 rings (SSSR count). The monoisotopic (exact) mass is 244 g/mol. The zero-order valence-corrected chi connectivity index (χ0v) is 8.61. The summed E-state index contributed by atoms with van der Waals surface area (Å²) < 4.78 is 0. The Balaban J connectivity index is -0.00000000381. The summed E-state index contributed by atoms with van der Waals surface area (Å²) in [5.74, 6) is 0. The molecule has 0 saturated carbocycles. The fraction of sp³-hybridized carbons (Fsp3) is 1.00. The van der Waals surface area contributed by atoms with Crippen molar-refractivity contribution < 1.29 is 23.5 Å². The van der Waals surface area contributed by atoms with Crippen LogP contribution in [0, 0.1) is 0 Å². The normalized spacial score (nSPS) is 3.50. The number of rotatable bonds is 2. The SMILES string of the molecule is CCCCC.Cl.Cl.F.F.F.F.F. The molecule has 0 fully saturated rings. The summed E-state index contributed by atoms with van der Waals surface area (Å²) in [5.41, 5.74) is 0. The van der Waals surface area contributed by atoms with Crippen molar-refractivity contribution in [2.45, 2.75) is 33.1 Å². The molecule has 0 bridgehead atoms. The highest BCUT2D eigenvalue weighted by Crippen LogP contribution is 1.88. The highest BCUT2D eigenvalue weighted by Gasteiger charge is 1.68. The molecule has 0 nitrogen and oxygen atoms in total. The number of halogens is 7. The van der Waals surface area contributed by atoms with Crippen LogP contribution in [-0.4, -0.2) is 0 Å². The van der Waals surface area contributed by atoms with Crippen molar-refractivity contribution in [3.63, 3.8) is 0 Å². The van der Waals surface area contributed by atoms with Gasteiger partial charge in [-0.05, 0) is 0 Å². The minimum atomic E-state index is 0. The van der Waals surface area contributed by atoms with E-state index >= 15 is 0 Å². The Labute approximate surface area is 82.1 Å². The van der Waals surface area contributed by atoms with Gasteiger partial charge in [0.1, 0.15) is 0 Å². The van der Waals surface area contributed by atoms with Gasteiger partial charge in [0.15, 0.2) is 0 Å². The molecule has 88 valence electrons. The van der Waals surface area contributed by atoms with E-state index in [0.29, 0.717) is 0 Å². The van der Waals surface area contributed by atoms with Crippen LogP contribution in [0.25, 0.3) is 0 Å². The van der Waals surface area contributed by atoms with Gasteiger partial charge in [0.25, 0.3) is 0 Å². The molecule has 0 heterocycles. The first kappa shape index (κ1) is 86.2. The van der Waals surface area contributed by atoms with Crippen molar-refractivity contribution in [2.75, 3.05) is 0 Å². The highest BCUT2D eigenvalue weighted by molar-refractivity contribution is 5.85. The Morgan fingerprint density at radius 2 is 0.750 bits per heavy atom. The molecule has 0 amide bonds. The molecule has 0 aliphatic rings. The van der Waals surface area contributed by atoms with Crippen LogP contribution in [0.1, 0.15) is 33.1 Å². The third kappa shape index (κ3) is 175. The molecule has 0 N–H and O–H groups in total. The first-order valence-corrected chi connectivity index (χ1v) is 2.41. The molecular formula is C5H19Cl2F5. The van der Waals surface area contributed by atoms with Crippen LogP contribution in [0.15, 0.2) is 0 Å². The van der Waals surface area contributed by atoms with E-state index in [0.717, 1.165) is 0 Å². The van der Waals surface area contributed by atoms with Crippen molar-refractivity contribution in [3.05, 3.63) is 0 Å². The van der Waals surface area contributed by atoms with E-state index in [1.807, 2.05) is 0 Å². The minimum absolute atomic E-state index is 0. The largest absolute Gasteiger partial charge is 0.269 e. The Morgan fingerprint density at radius 1 is 0.583 bits per heavy atom. The molecule has 0 spiro atoms. The van der Waals surface area contributed by atoms with Gasteiger partial charge in [-0.1, -0.05) is 33.1 Å². The quantitative estimate of drug-likeness (QED) is 0.649. The van der Waals surface area contributed by atoms with E-state index in [1.165, 1.54) is 19.3 Å². The molecule has 0 atom stereocenters. The lowest BCUT2D eigenvalue weighted by Gasteiger charge is -1.79. The Kier molecular flexibility index (Phi) is 809. The first-order valence-electron chi connectivity index (χ1n) is 2.41. The summed E-state index contributed by atoms with van der Waals surface area (Å²) in [4.78, 5) is 0. The third-order valence-corrected chi connectivity index (χ3v) is 0.707. The van der Waals surface area contributed by atoms with Gasteiger partial charge in [-0.3, -0.25) is 23.5 Å². The molecule has 0 aliphatic carbocycles. The van der Waals surface area contributed by atoms with E-state index in [9.17, 15) is 0 Å². The Hall–Kier alpha value is 0.230. The van der Waals surface area contributed by atoms with Crippen molar-refractivity contribution in [1.82, 2.24) is 0 Å². The summed E-state index contributed by atoms with van der Waals surface area (Å²) in [5, 5.41) is 0. The second-order valence-electron chi connectivity index (χ2n) is 1.35. The zero-order valence-electron chi connectivity index (χ0n) is 6.98. The number of unbranched alkanes of at least 4 members (excludes halogenated alkanes) is 2. The molecule has 0 aromatic heterocycles. The fourth-order valence-corrected chi connectivity index (χ4v) is 0.354. The van der Waals surface area contributed by atoms with Gasteiger partial charge in [-0.25, -0.2) is 0 Å². The predicted octanol–water partition coefficient (Wildman–Crippen LogP) is 3.80. The topological polar surface area (TPSA) is 0 Å². The van der Waals surface area contributed by atoms with E-state index < -0.39 is 0 Å². The van der Waals surface area contributed by atoms with Crippen molar-refractivity contribution >= 4 is 24.8 Å². The maximum Gasteiger partial charge on any atom is -0.0538 e. The fourth-order valence-electron chi connectivity index (χ4n) is 0.354. The second kappa shape index (κ2) is 113. The molecule has 0 saturated heterocycles. The summed E-state index contributed by atoms with van der Waals surface area (Å²) in [7, 11) is 0. The van der Waals surface area contributed by atoms with Gasteiger partial charge < -0.3 is 0 Å². The van der Waals surface area contributed by atoms with Crippen molar-refractivity contribution in [2.24, 2.45) is 0 Å². The summed E-state index contributed by atoms with van der Waals surface area (Å²) in [6.45, 7) is 4.42. The summed E-state index contributed by atoms with van der Waals surface area (Å²) in [6, 6.07) is 0. The number of hydrogen-bond donors (Lipinski definition) is 0.